The molecule has 123 valence electrons. The minimum atomic E-state index is -0.578. The lowest BCUT2D eigenvalue weighted by Crippen LogP contribution is -2.43. The molecule has 1 aliphatic carbocycles. The number of primary amides is 1. The molecular formula is C18H24N3O2. The first-order valence-corrected chi connectivity index (χ1v) is 8.12. The van der Waals surface area contributed by atoms with Crippen LogP contribution < -0.4 is 5.73 Å². The van der Waals surface area contributed by atoms with Crippen LogP contribution >= 0.6 is 0 Å². The Labute approximate surface area is 137 Å². The van der Waals surface area contributed by atoms with E-state index in [4.69, 9.17) is 5.73 Å². The minimum absolute atomic E-state index is 0.119. The van der Waals surface area contributed by atoms with E-state index in [1.165, 1.54) is 18.4 Å². The topological polar surface area (TPSA) is 66.6 Å². The van der Waals surface area contributed by atoms with Crippen LogP contribution in [0.5, 0.6) is 0 Å². The highest BCUT2D eigenvalue weighted by atomic mass is 16.2. The van der Waals surface area contributed by atoms with E-state index in [-0.39, 0.29) is 11.3 Å². The highest BCUT2D eigenvalue weighted by Gasteiger charge is 2.44. The number of carbonyl (C=O) groups excluding carboxylic acids is 2. The second-order valence-corrected chi connectivity index (χ2v) is 6.97. The van der Waals surface area contributed by atoms with E-state index in [0.717, 1.165) is 6.54 Å². The van der Waals surface area contributed by atoms with Gasteiger partial charge in [0, 0.05) is 24.1 Å². The summed E-state index contributed by atoms with van der Waals surface area (Å²) in [5.74, 6) is -0.582. The van der Waals surface area contributed by atoms with Gasteiger partial charge in [0.25, 0.3) is 5.91 Å². The summed E-state index contributed by atoms with van der Waals surface area (Å²) < 4.78 is 0. The van der Waals surface area contributed by atoms with Gasteiger partial charge in [0.1, 0.15) is 6.04 Å². The van der Waals surface area contributed by atoms with E-state index in [2.05, 4.69) is 31.1 Å². The summed E-state index contributed by atoms with van der Waals surface area (Å²) >= 11 is 0. The molecule has 2 amide bonds. The van der Waals surface area contributed by atoms with Gasteiger partial charge in [0.05, 0.1) is 0 Å². The lowest BCUT2D eigenvalue weighted by atomic mass is 9.94. The van der Waals surface area contributed by atoms with Crippen molar-refractivity contribution in [1.82, 2.24) is 9.80 Å². The van der Waals surface area contributed by atoms with Crippen LogP contribution in [0.4, 0.5) is 0 Å². The number of carbonyl (C=O) groups is 2. The summed E-state index contributed by atoms with van der Waals surface area (Å²) in [6, 6.07) is 7.30. The minimum Gasteiger partial charge on any atom is -0.368 e. The predicted octanol–water partition coefficient (Wildman–Crippen LogP) is 1.18. The average Bonchev–Trinajstić information content (AvgIpc) is 3.11. The van der Waals surface area contributed by atoms with E-state index in [9.17, 15) is 9.59 Å². The van der Waals surface area contributed by atoms with Crippen LogP contribution in [0.15, 0.2) is 24.3 Å². The number of nitrogens with two attached hydrogens (primary N) is 1. The van der Waals surface area contributed by atoms with Crippen LogP contribution in [-0.2, 0) is 10.2 Å². The van der Waals surface area contributed by atoms with Crippen LogP contribution in [0, 0.1) is 6.42 Å². The highest BCUT2D eigenvalue weighted by molar-refractivity contribution is 5.98. The van der Waals surface area contributed by atoms with Crippen molar-refractivity contribution in [3.8, 4) is 0 Å². The zero-order valence-electron chi connectivity index (χ0n) is 13.8. The molecule has 0 bridgehead atoms. The Morgan fingerprint density at radius 1 is 1.26 bits per heavy atom. The van der Waals surface area contributed by atoms with Gasteiger partial charge in [0.2, 0.25) is 5.91 Å². The molecule has 1 atom stereocenters. The molecular weight excluding hydrogens is 290 g/mol. The smallest absolute Gasteiger partial charge is 0.254 e. The number of benzene rings is 1. The van der Waals surface area contributed by atoms with Gasteiger partial charge >= 0.3 is 0 Å². The summed E-state index contributed by atoms with van der Waals surface area (Å²) in [6.45, 7) is 1.59. The van der Waals surface area contributed by atoms with Crippen molar-refractivity contribution in [2.24, 2.45) is 5.73 Å². The molecule has 1 aromatic rings. The van der Waals surface area contributed by atoms with E-state index >= 15 is 0 Å². The van der Waals surface area contributed by atoms with E-state index in [0.29, 0.717) is 18.5 Å². The number of nitrogens with zero attached hydrogens (tertiary/aromatic N) is 2. The maximum absolute atomic E-state index is 12.6. The molecule has 0 aromatic heterocycles. The number of amides is 2. The Hall–Kier alpha value is -1.88. The zero-order valence-corrected chi connectivity index (χ0v) is 13.8. The number of rotatable bonds is 5. The SMILES string of the molecule is CN(C)CC1(c2ccc(C(=O)N3CC[CH]C3C(N)=O)cc2)CC1. The molecule has 1 heterocycles. The first-order valence-electron chi connectivity index (χ1n) is 8.12. The van der Waals surface area contributed by atoms with Crippen LogP contribution in [-0.4, -0.2) is 54.8 Å². The molecule has 1 unspecified atom stereocenters. The molecule has 2 aliphatic rings. The molecule has 1 saturated carbocycles. The van der Waals surface area contributed by atoms with Crippen LogP contribution in [0.25, 0.3) is 0 Å². The first kappa shape index (κ1) is 16.0. The summed E-state index contributed by atoms with van der Waals surface area (Å²) in [5.41, 5.74) is 7.54. The molecule has 23 heavy (non-hydrogen) atoms. The molecule has 1 saturated heterocycles. The van der Waals surface area contributed by atoms with Gasteiger partial charge in [-0.15, -0.1) is 0 Å². The zero-order chi connectivity index (χ0) is 16.6. The Balaban J connectivity index is 1.75. The molecule has 5 nitrogen and oxygen atoms in total. The lowest BCUT2D eigenvalue weighted by Gasteiger charge is -2.23. The molecule has 1 aromatic carbocycles. The van der Waals surface area contributed by atoms with Crippen molar-refractivity contribution in [3.05, 3.63) is 41.8 Å². The van der Waals surface area contributed by atoms with E-state index in [1.54, 1.807) is 4.90 Å². The third-order valence-corrected chi connectivity index (χ3v) is 4.86. The summed E-state index contributed by atoms with van der Waals surface area (Å²) in [7, 11) is 4.18. The predicted molar refractivity (Wildman–Crippen MR) is 88.8 cm³/mol. The van der Waals surface area contributed by atoms with Crippen LogP contribution in [0.1, 0.15) is 35.2 Å². The number of hydrogen-bond acceptors (Lipinski definition) is 3. The Morgan fingerprint density at radius 3 is 2.43 bits per heavy atom. The fourth-order valence-electron chi connectivity index (χ4n) is 3.56. The van der Waals surface area contributed by atoms with Crippen LogP contribution in [0.3, 0.4) is 0 Å². The van der Waals surface area contributed by atoms with Crippen molar-refractivity contribution in [2.45, 2.75) is 30.7 Å². The molecule has 0 spiro atoms. The average molecular weight is 314 g/mol. The van der Waals surface area contributed by atoms with Crippen molar-refractivity contribution < 1.29 is 9.59 Å². The van der Waals surface area contributed by atoms with Gasteiger partial charge in [-0.3, -0.25) is 9.59 Å². The fraction of sp³-hybridized carbons (Fsp3) is 0.500. The maximum Gasteiger partial charge on any atom is 0.254 e. The standard InChI is InChI=1S/C18H24N3O2/c1-20(2)12-18(9-10-18)14-7-5-13(6-8-14)17(23)21-11-3-4-15(21)16(19)22/h4-8,15H,3,9-12H2,1-2H3,(H2,19,22). The van der Waals surface area contributed by atoms with Gasteiger partial charge < -0.3 is 15.5 Å². The van der Waals surface area contributed by atoms with Crippen molar-refractivity contribution in [1.29, 1.82) is 0 Å². The van der Waals surface area contributed by atoms with Crippen LogP contribution in [0.2, 0.25) is 0 Å². The second kappa shape index (κ2) is 5.96. The largest absolute Gasteiger partial charge is 0.368 e. The molecule has 2 N–H and O–H groups in total. The number of likely N-dealkylation sites (N-methyl/N-ethyl adjacent to an activating group) is 1. The van der Waals surface area contributed by atoms with Crippen molar-refractivity contribution >= 4 is 11.8 Å². The molecule has 1 radical (unpaired) electrons. The highest BCUT2D eigenvalue weighted by Crippen LogP contribution is 2.48. The Bertz CT molecular complexity index is 605. The van der Waals surface area contributed by atoms with E-state index < -0.39 is 11.9 Å². The van der Waals surface area contributed by atoms with Crippen molar-refractivity contribution in [2.75, 3.05) is 27.2 Å². The molecule has 1 aliphatic heterocycles. The maximum atomic E-state index is 12.6. The van der Waals surface area contributed by atoms with E-state index in [1.807, 2.05) is 18.6 Å². The third kappa shape index (κ3) is 3.11. The van der Waals surface area contributed by atoms with Gasteiger partial charge in [-0.05, 0) is 57.5 Å². The second-order valence-electron chi connectivity index (χ2n) is 6.97. The van der Waals surface area contributed by atoms with Gasteiger partial charge in [-0.25, -0.2) is 0 Å². The summed E-state index contributed by atoms with van der Waals surface area (Å²) in [6.07, 6.45) is 4.92. The normalized spacial score (nSPS) is 22.4. The lowest BCUT2D eigenvalue weighted by molar-refractivity contribution is -0.120. The fourth-order valence-corrected chi connectivity index (χ4v) is 3.56. The number of likely N-dealkylation sites (tertiary alicyclic amines) is 1. The number of hydrogen-bond donors (Lipinski definition) is 1. The third-order valence-electron chi connectivity index (χ3n) is 4.86. The molecule has 3 rings (SSSR count). The van der Waals surface area contributed by atoms with Gasteiger partial charge in [-0.2, -0.15) is 0 Å². The van der Waals surface area contributed by atoms with Crippen molar-refractivity contribution in [3.63, 3.8) is 0 Å². The summed E-state index contributed by atoms with van der Waals surface area (Å²) in [4.78, 5) is 27.8. The summed E-state index contributed by atoms with van der Waals surface area (Å²) in [5, 5.41) is 0. The quantitative estimate of drug-likeness (QED) is 0.887. The van der Waals surface area contributed by atoms with Gasteiger partial charge in [0.15, 0.2) is 0 Å². The Morgan fingerprint density at radius 2 is 1.91 bits per heavy atom. The first-order chi connectivity index (χ1) is 10.9. The van der Waals surface area contributed by atoms with Gasteiger partial charge in [-0.1, -0.05) is 12.1 Å². The monoisotopic (exact) mass is 314 g/mol. The molecule has 2 fully saturated rings. The Kier molecular flexibility index (Phi) is 4.15. The molecule has 5 heteroatoms.